The molecule has 0 saturated carbocycles. The molecule has 0 spiro atoms. The van der Waals surface area contributed by atoms with Gasteiger partial charge in [-0.2, -0.15) is 0 Å². The predicted molar refractivity (Wildman–Crippen MR) is 61.3 cm³/mol. The second-order valence-electron chi connectivity index (χ2n) is 4.22. The zero-order valence-corrected chi connectivity index (χ0v) is 10.4. The lowest BCUT2D eigenvalue weighted by molar-refractivity contribution is 0.326. The molecule has 0 N–H and O–H groups in total. The van der Waals surface area contributed by atoms with Crippen molar-refractivity contribution in [2.75, 3.05) is 0 Å². The molecule has 0 bridgehead atoms. The highest BCUT2D eigenvalue weighted by molar-refractivity contribution is 9.10. The Morgan fingerprint density at radius 1 is 1.53 bits per heavy atom. The fraction of sp³-hybridized carbons (Fsp3) is 0.500. The van der Waals surface area contributed by atoms with Crippen LogP contribution in [0.4, 0.5) is 4.39 Å². The molecule has 3 unspecified atom stereocenters. The van der Waals surface area contributed by atoms with Crippen molar-refractivity contribution in [2.45, 2.75) is 32.5 Å². The number of benzene rings is 1. The molecule has 15 heavy (non-hydrogen) atoms. The molecule has 3 atom stereocenters. The third-order valence-corrected chi connectivity index (χ3v) is 3.36. The Morgan fingerprint density at radius 2 is 2.20 bits per heavy atom. The molecule has 1 aromatic rings. The maximum Gasteiger partial charge on any atom is 0.126 e. The van der Waals surface area contributed by atoms with E-state index in [1.807, 2.05) is 6.07 Å². The lowest BCUT2D eigenvalue weighted by Gasteiger charge is -2.09. The Kier molecular flexibility index (Phi) is 3.12. The second-order valence-corrected chi connectivity index (χ2v) is 5.14. The smallest absolute Gasteiger partial charge is 0.126 e. The van der Waals surface area contributed by atoms with E-state index in [9.17, 15) is 4.39 Å². The van der Waals surface area contributed by atoms with Gasteiger partial charge in [-0.1, -0.05) is 22.9 Å². The molecule has 3 heteroatoms. The SMILES string of the molecule is CC(Cc1cc(Br)ccc1F)C1OC1C. The van der Waals surface area contributed by atoms with Crippen LogP contribution < -0.4 is 0 Å². The van der Waals surface area contributed by atoms with Crippen molar-refractivity contribution >= 4 is 15.9 Å². The zero-order chi connectivity index (χ0) is 11.0. The molecule has 2 rings (SSSR count). The number of hydrogen-bond donors (Lipinski definition) is 0. The van der Waals surface area contributed by atoms with Gasteiger partial charge >= 0.3 is 0 Å². The van der Waals surface area contributed by atoms with Crippen molar-refractivity contribution in [2.24, 2.45) is 5.92 Å². The summed E-state index contributed by atoms with van der Waals surface area (Å²) in [6.45, 7) is 4.16. The first-order chi connectivity index (χ1) is 7.08. The highest BCUT2D eigenvalue weighted by Crippen LogP contribution is 2.31. The summed E-state index contributed by atoms with van der Waals surface area (Å²) < 4.78 is 19.8. The largest absolute Gasteiger partial charge is 0.370 e. The van der Waals surface area contributed by atoms with E-state index in [-0.39, 0.29) is 5.82 Å². The molecular formula is C12H14BrFO. The van der Waals surface area contributed by atoms with E-state index in [2.05, 4.69) is 29.8 Å². The summed E-state index contributed by atoms with van der Waals surface area (Å²) in [7, 11) is 0. The highest BCUT2D eigenvalue weighted by atomic mass is 79.9. The van der Waals surface area contributed by atoms with Gasteiger partial charge in [-0.3, -0.25) is 0 Å². The number of rotatable bonds is 3. The third kappa shape index (κ3) is 2.58. The normalized spacial score (nSPS) is 26.4. The van der Waals surface area contributed by atoms with Crippen molar-refractivity contribution in [3.05, 3.63) is 34.1 Å². The van der Waals surface area contributed by atoms with Gasteiger partial charge in [-0.25, -0.2) is 4.39 Å². The number of halogens is 2. The Balaban J connectivity index is 2.06. The van der Waals surface area contributed by atoms with E-state index in [0.717, 1.165) is 16.5 Å². The molecule has 0 aliphatic carbocycles. The van der Waals surface area contributed by atoms with E-state index in [1.165, 1.54) is 6.07 Å². The van der Waals surface area contributed by atoms with Gasteiger partial charge in [-0.15, -0.1) is 0 Å². The van der Waals surface area contributed by atoms with Crippen molar-refractivity contribution in [3.8, 4) is 0 Å². The molecule has 1 nitrogen and oxygen atoms in total. The Morgan fingerprint density at radius 3 is 2.80 bits per heavy atom. The Labute approximate surface area is 97.8 Å². The summed E-state index contributed by atoms with van der Waals surface area (Å²) >= 11 is 3.35. The van der Waals surface area contributed by atoms with Crippen LogP contribution in [0.5, 0.6) is 0 Å². The molecule has 1 aliphatic rings. The van der Waals surface area contributed by atoms with Crippen LogP contribution >= 0.6 is 15.9 Å². The van der Waals surface area contributed by atoms with Gasteiger partial charge in [0.1, 0.15) is 5.82 Å². The van der Waals surface area contributed by atoms with Crippen LogP contribution in [0.3, 0.4) is 0 Å². The maximum absolute atomic E-state index is 13.4. The fourth-order valence-corrected chi connectivity index (χ4v) is 2.37. The van der Waals surface area contributed by atoms with E-state index in [0.29, 0.717) is 18.1 Å². The zero-order valence-electron chi connectivity index (χ0n) is 8.84. The van der Waals surface area contributed by atoms with Gasteiger partial charge in [0.15, 0.2) is 0 Å². The maximum atomic E-state index is 13.4. The van der Waals surface area contributed by atoms with Gasteiger partial charge < -0.3 is 4.74 Å². The summed E-state index contributed by atoms with van der Waals surface area (Å²) in [6.07, 6.45) is 1.39. The lowest BCUT2D eigenvalue weighted by Crippen LogP contribution is -2.10. The van der Waals surface area contributed by atoms with Crippen molar-refractivity contribution in [1.29, 1.82) is 0 Å². The van der Waals surface area contributed by atoms with Crippen molar-refractivity contribution in [1.82, 2.24) is 0 Å². The Hall–Kier alpha value is -0.410. The first kappa shape index (κ1) is 11.1. The summed E-state index contributed by atoms with van der Waals surface area (Å²) in [5, 5.41) is 0. The van der Waals surface area contributed by atoms with E-state index < -0.39 is 0 Å². The van der Waals surface area contributed by atoms with Crippen LogP contribution in [0.2, 0.25) is 0 Å². The van der Waals surface area contributed by atoms with Crippen LogP contribution in [-0.4, -0.2) is 12.2 Å². The summed E-state index contributed by atoms with van der Waals surface area (Å²) in [5.41, 5.74) is 0.763. The number of hydrogen-bond acceptors (Lipinski definition) is 1. The topological polar surface area (TPSA) is 12.5 Å². The van der Waals surface area contributed by atoms with Crippen LogP contribution in [0.15, 0.2) is 22.7 Å². The van der Waals surface area contributed by atoms with Gasteiger partial charge in [0.05, 0.1) is 12.2 Å². The van der Waals surface area contributed by atoms with Crippen LogP contribution in [0.25, 0.3) is 0 Å². The molecule has 1 saturated heterocycles. The summed E-state index contributed by atoms with van der Waals surface area (Å²) in [6, 6.07) is 5.07. The monoisotopic (exact) mass is 272 g/mol. The number of epoxide rings is 1. The minimum Gasteiger partial charge on any atom is -0.370 e. The summed E-state index contributed by atoms with van der Waals surface area (Å²) in [4.78, 5) is 0. The lowest BCUT2D eigenvalue weighted by atomic mass is 9.96. The first-order valence-corrected chi connectivity index (χ1v) is 5.96. The van der Waals surface area contributed by atoms with Crippen LogP contribution in [-0.2, 0) is 11.2 Å². The Bertz CT molecular complexity index is 367. The minimum absolute atomic E-state index is 0.127. The van der Waals surface area contributed by atoms with Crippen molar-refractivity contribution in [3.63, 3.8) is 0 Å². The molecular weight excluding hydrogens is 259 g/mol. The average Bonchev–Trinajstić information content (AvgIpc) is 2.89. The molecule has 1 aromatic carbocycles. The molecule has 82 valence electrons. The molecule has 0 radical (unpaired) electrons. The second kappa shape index (κ2) is 4.22. The molecule has 1 aliphatic heterocycles. The van der Waals surface area contributed by atoms with Gasteiger partial charge in [0, 0.05) is 4.47 Å². The van der Waals surface area contributed by atoms with E-state index in [4.69, 9.17) is 4.74 Å². The third-order valence-electron chi connectivity index (χ3n) is 2.87. The average molecular weight is 273 g/mol. The van der Waals surface area contributed by atoms with Crippen LogP contribution in [0, 0.1) is 11.7 Å². The van der Waals surface area contributed by atoms with Gasteiger partial charge in [0.25, 0.3) is 0 Å². The highest BCUT2D eigenvalue weighted by Gasteiger charge is 2.38. The predicted octanol–water partition coefficient (Wildman–Crippen LogP) is 3.55. The minimum atomic E-state index is -0.127. The van der Waals surface area contributed by atoms with E-state index >= 15 is 0 Å². The van der Waals surface area contributed by atoms with E-state index in [1.54, 1.807) is 6.07 Å². The molecule has 0 aromatic heterocycles. The molecule has 1 heterocycles. The van der Waals surface area contributed by atoms with Crippen molar-refractivity contribution < 1.29 is 9.13 Å². The van der Waals surface area contributed by atoms with Crippen LogP contribution in [0.1, 0.15) is 19.4 Å². The number of ether oxygens (including phenoxy) is 1. The summed E-state index contributed by atoms with van der Waals surface area (Å²) in [5.74, 6) is 0.252. The van der Waals surface area contributed by atoms with Gasteiger partial charge in [-0.05, 0) is 43.0 Å². The standard InChI is InChI=1S/C12H14BrFO/c1-7(12-8(2)15-12)5-9-6-10(13)3-4-11(9)14/h3-4,6-8,12H,5H2,1-2H3. The quantitative estimate of drug-likeness (QED) is 0.767. The molecule has 1 fully saturated rings. The fourth-order valence-electron chi connectivity index (χ4n) is 1.96. The van der Waals surface area contributed by atoms with Gasteiger partial charge in [0.2, 0.25) is 0 Å². The molecule has 0 amide bonds. The first-order valence-electron chi connectivity index (χ1n) is 5.17.